The first-order valence-electron chi connectivity index (χ1n) is 5.70. The van der Waals surface area contributed by atoms with E-state index in [1.54, 1.807) is 29.2 Å². The van der Waals surface area contributed by atoms with E-state index in [0.717, 1.165) is 0 Å². The first-order chi connectivity index (χ1) is 8.58. The van der Waals surface area contributed by atoms with Gasteiger partial charge < -0.3 is 9.64 Å². The van der Waals surface area contributed by atoms with Gasteiger partial charge in [0.2, 0.25) is 0 Å². The van der Waals surface area contributed by atoms with E-state index in [1.807, 2.05) is 6.92 Å². The van der Waals surface area contributed by atoms with Crippen molar-refractivity contribution in [1.82, 2.24) is 4.90 Å². The lowest BCUT2D eigenvalue weighted by Crippen LogP contribution is -2.33. The van der Waals surface area contributed by atoms with Gasteiger partial charge in [-0.05, 0) is 31.2 Å². The monoisotopic (exact) mass is 269 g/mol. The van der Waals surface area contributed by atoms with Gasteiger partial charge in [-0.25, -0.2) is 0 Å². The minimum absolute atomic E-state index is 0.113. The molecule has 0 fully saturated rings. The molecule has 0 unspecified atom stereocenters. The van der Waals surface area contributed by atoms with Crippen LogP contribution in [-0.4, -0.2) is 37.0 Å². The highest BCUT2D eigenvalue weighted by Crippen LogP contribution is 2.11. The molecule has 0 spiro atoms. The Balaban J connectivity index is 2.67. The molecular formula is C13H16ClNO3. The van der Waals surface area contributed by atoms with Crippen molar-refractivity contribution < 1.29 is 14.3 Å². The zero-order valence-electron chi connectivity index (χ0n) is 10.5. The van der Waals surface area contributed by atoms with Crippen LogP contribution in [0.5, 0.6) is 0 Å². The lowest BCUT2D eigenvalue weighted by molar-refractivity contribution is -0.140. The smallest absolute Gasteiger partial charge is 0.307 e. The van der Waals surface area contributed by atoms with Crippen LogP contribution >= 0.6 is 11.6 Å². The van der Waals surface area contributed by atoms with Gasteiger partial charge in [0.15, 0.2) is 0 Å². The van der Waals surface area contributed by atoms with E-state index in [4.69, 9.17) is 11.6 Å². The first kappa shape index (κ1) is 14.5. The minimum atomic E-state index is -0.322. The van der Waals surface area contributed by atoms with Crippen LogP contribution in [0.15, 0.2) is 24.3 Å². The van der Waals surface area contributed by atoms with E-state index >= 15 is 0 Å². The van der Waals surface area contributed by atoms with Crippen molar-refractivity contribution >= 4 is 23.5 Å². The van der Waals surface area contributed by atoms with Crippen molar-refractivity contribution in [1.29, 1.82) is 0 Å². The molecule has 0 saturated heterocycles. The highest BCUT2D eigenvalue weighted by atomic mass is 35.5. The number of benzene rings is 1. The zero-order valence-corrected chi connectivity index (χ0v) is 11.2. The minimum Gasteiger partial charge on any atom is -0.469 e. The number of carbonyl (C=O) groups is 2. The fourth-order valence-electron chi connectivity index (χ4n) is 1.51. The van der Waals surface area contributed by atoms with E-state index < -0.39 is 0 Å². The fourth-order valence-corrected chi connectivity index (χ4v) is 1.63. The second kappa shape index (κ2) is 7.01. The second-order valence-electron chi connectivity index (χ2n) is 3.72. The van der Waals surface area contributed by atoms with E-state index in [-0.39, 0.29) is 18.3 Å². The van der Waals surface area contributed by atoms with Crippen LogP contribution in [0.2, 0.25) is 5.02 Å². The number of carbonyl (C=O) groups excluding carboxylic acids is 2. The number of nitrogens with zero attached hydrogens (tertiary/aromatic N) is 1. The molecule has 0 bridgehead atoms. The third-order valence-electron chi connectivity index (χ3n) is 2.57. The molecular weight excluding hydrogens is 254 g/mol. The number of amides is 1. The van der Waals surface area contributed by atoms with Crippen molar-refractivity contribution in [2.45, 2.75) is 13.3 Å². The van der Waals surface area contributed by atoms with E-state index in [2.05, 4.69) is 4.74 Å². The van der Waals surface area contributed by atoms with Crippen molar-refractivity contribution in [2.24, 2.45) is 0 Å². The number of hydrogen-bond donors (Lipinski definition) is 0. The van der Waals surface area contributed by atoms with Gasteiger partial charge in [0.25, 0.3) is 5.91 Å². The summed E-state index contributed by atoms with van der Waals surface area (Å²) in [6, 6.07) is 6.68. The summed E-state index contributed by atoms with van der Waals surface area (Å²) in [5.41, 5.74) is 0.561. The summed E-state index contributed by atoms with van der Waals surface area (Å²) in [7, 11) is 1.33. The van der Waals surface area contributed by atoms with Crippen LogP contribution in [-0.2, 0) is 9.53 Å². The van der Waals surface area contributed by atoms with E-state index in [1.165, 1.54) is 7.11 Å². The lowest BCUT2D eigenvalue weighted by Gasteiger charge is -2.20. The Labute approximate surface area is 111 Å². The maximum Gasteiger partial charge on any atom is 0.307 e. The van der Waals surface area contributed by atoms with Gasteiger partial charge in [-0.2, -0.15) is 0 Å². The number of rotatable bonds is 5. The molecule has 0 saturated carbocycles. The van der Waals surface area contributed by atoms with Crippen LogP contribution < -0.4 is 0 Å². The number of esters is 1. The van der Waals surface area contributed by atoms with Gasteiger partial charge in [0.05, 0.1) is 13.5 Å². The number of methoxy groups -OCH3 is 1. The summed E-state index contributed by atoms with van der Waals surface area (Å²) in [5, 5.41) is 0.587. The summed E-state index contributed by atoms with van der Waals surface area (Å²) < 4.78 is 4.55. The molecule has 0 aliphatic heterocycles. The standard InChI is InChI=1S/C13H16ClNO3/c1-3-15(9-8-12(16)18-2)13(17)10-4-6-11(14)7-5-10/h4-7H,3,8-9H2,1-2H3. The number of halogens is 1. The van der Waals surface area contributed by atoms with Crippen LogP contribution in [0.3, 0.4) is 0 Å². The third-order valence-corrected chi connectivity index (χ3v) is 2.83. The van der Waals surface area contributed by atoms with Crippen LogP contribution in [0.4, 0.5) is 0 Å². The normalized spacial score (nSPS) is 9.94. The van der Waals surface area contributed by atoms with Gasteiger partial charge >= 0.3 is 5.97 Å². The van der Waals surface area contributed by atoms with Crippen molar-refractivity contribution in [3.8, 4) is 0 Å². The van der Waals surface area contributed by atoms with Gasteiger partial charge in [0.1, 0.15) is 0 Å². The van der Waals surface area contributed by atoms with Crippen LogP contribution in [0.1, 0.15) is 23.7 Å². The Kier molecular flexibility index (Phi) is 5.65. The molecule has 18 heavy (non-hydrogen) atoms. The quantitative estimate of drug-likeness (QED) is 0.771. The molecule has 5 heteroatoms. The highest BCUT2D eigenvalue weighted by molar-refractivity contribution is 6.30. The third kappa shape index (κ3) is 4.04. The molecule has 98 valence electrons. The largest absolute Gasteiger partial charge is 0.469 e. The molecule has 0 heterocycles. The molecule has 1 rings (SSSR count). The summed E-state index contributed by atoms with van der Waals surface area (Å²) in [6.45, 7) is 2.76. The lowest BCUT2D eigenvalue weighted by atomic mass is 10.2. The molecule has 0 atom stereocenters. The molecule has 1 aromatic rings. The number of hydrogen-bond acceptors (Lipinski definition) is 3. The SMILES string of the molecule is CCN(CCC(=O)OC)C(=O)c1ccc(Cl)cc1. The molecule has 1 aromatic carbocycles. The van der Waals surface area contributed by atoms with E-state index in [9.17, 15) is 9.59 Å². The number of ether oxygens (including phenoxy) is 1. The Morgan fingerprint density at radius 2 is 1.89 bits per heavy atom. The van der Waals surface area contributed by atoms with Crippen molar-refractivity contribution in [2.75, 3.05) is 20.2 Å². The van der Waals surface area contributed by atoms with Crippen LogP contribution in [0, 0.1) is 0 Å². The van der Waals surface area contributed by atoms with Gasteiger partial charge in [-0.15, -0.1) is 0 Å². The fraction of sp³-hybridized carbons (Fsp3) is 0.385. The summed E-state index contributed by atoms with van der Waals surface area (Å²) in [6.07, 6.45) is 0.198. The molecule has 0 radical (unpaired) electrons. The predicted molar refractivity (Wildman–Crippen MR) is 69.7 cm³/mol. The van der Waals surface area contributed by atoms with Crippen molar-refractivity contribution in [3.63, 3.8) is 0 Å². The van der Waals surface area contributed by atoms with Gasteiger partial charge in [0, 0.05) is 23.7 Å². The Bertz CT molecular complexity index is 417. The summed E-state index contributed by atoms with van der Waals surface area (Å²) >= 11 is 5.77. The van der Waals surface area contributed by atoms with E-state index in [0.29, 0.717) is 23.7 Å². The predicted octanol–water partition coefficient (Wildman–Crippen LogP) is 2.37. The maximum absolute atomic E-state index is 12.1. The molecule has 0 aliphatic carbocycles. The summed E-state index contributed by atoms with van der Waals surface area (Å²) in [4.78, 5) is 24.8. The molecule has 0 N–H and O–H groups in total. The van der Waals surface area contributed by atoms with Crippen LogP contribution in [0.25, 0.3) is 0 Å². The van der Waals surface area contributed by atoms with Crippen molar-refractivity contribution in [3.05, 3.63) is 34.9 Å². The maximum atomic E-state index is 12.1. The molecule has 1 amide bonds. The van der Waals surface area contributed by atoms with Gasteiger partial charge in [-0.1, -0.05) is 11.6 Å². The molecule has 4 nitrogen and oxygen atoms in total. The first-order valence-corrected chi connectivity index (χ1v) is 6.08. The molecule has 0 aromatic heterocycles. The average Bonchev–Trinajstić information content (AvgIpc) is 2.39. The Morgan fingerprint density at radius 1 is 1.28 bits per heavy atom. The second-order valence-corrected chi connectivity index (χ2v) is 4.15. The molecule has 0 aliphatic rings. The zero-order chi connectivity index (χ0) is 13.5. The Hall–Kier alpha value is -1.55. The Morgan fingerprint density at radius 3 is 2.39 bits per heavy atom. The van der Waals surface area contributed by atoms with Gasteiger partial charge in [-0.3, -0.25) is 9.59 Å². The average molecular weight is 270 g/mol. The summed E-state index contributed by atoms with van der Waals surface area (Å²) in [5.74, 6) is -0.435. The topological polar surface area (TPSA) is 46.6 Å². The highest BCUT2D eigenvalue weighted by Gasteiger charge is 2.15.